The van der Waals surface area contributed by atoms with Gasteiger partial charge in [-0.3, -0.25) is 4.79 Å². The van der Waals surface area contributed by atoms with Gasteiger partial charge in [0.05, 0.1) is 18.1 Å². The van der Waals surface area contributed by atoms with Crippen LogP contribution in [0.15, 0.2) is 60.9 Å². The van der Waals surface area contributed by atoms with Crippen LogP contribution >= 0.6 is 11.8 Å². The number of hydrogen-bond acceptors (Lipinski definition) is 5. The van der Waals surface area contributed by atoms with Crippen molar-refractivity contribution in [1.29, 1.82) is 0 Å². The van der Waals surface area contributed by atoms with Gasteiger partial charge < -0.3 is 10.4 Å². The molecule has 0 fully saturated rings. The zero-order valence-corrected chi connectivity index (χ0v) is 15.2. The highest BCUT2D eigenvalue weighted by atomic mass is 32.2. The molecule has 0 bridgehead atoms. The fourth-order valence-electron chi connectivity index (χ4n) is 2.36. The second-order valence-corrected chi connectivity index (χ2v) is 6.91. The second-order valence-electron chi connectivity index (χ2n) is 5.63. The third-order valence-electron chi connectivity index (χ3n) is 3.70. The first-order chi connectivity index (χ1) is 12.7. The highest BCUT2D eigenvalue weighted by Gasteiger charge is 2.08. The van der Waals surface area contributed by atoms with Crippen molar-refractivity contribution >= 4 is 23.4 Å². The minimum absolute atomic E-state index is 0.157. The molecule has 2 aromatic carbocycles. The second kappa shape index (κ2) is 8.49. The molecule has 0 unspecified atom stereocenters. The van der Waals surface area contributed by atoms with Crippen molar-refractivity contribution in [2.75, 3.05) is 11.1 Å². The molecule has 0 aliphatic carbocycles. The molecule has 0 aliphatic heterocycles. The van der Waals surface area contributed by atoms with Gasteiger partial charge in [-0.15, -0.1) is 0 Å². The Balaban J connectivity index is 1.66. The van der Waals surface area contributed by atoms with Gasteiger partial charge in [-0.2, -0.15) is 11.8 Å². The average molecular weight is 365 g/mol. The Morgan fingerprint density at radius 1 is 1.12 bits per heavy atom. The van der Waals surface area contributed by atoms with E-state index in [1.54, 1.807) is 30.6 Å². The van der Waals surface area contributed by atoms with Gasteiger partial charge in [0.15, 0.2) is 5.82 Å². The lowest BCUT2D eigenvalue weighted by molar-refractivity contribution is 0.102. The molecule has 0 atom stereocenters. The molecule has 1 aromatic heterocycles. The molecule has 3 aromatic rings. The van der Waals surface area contributed by atoms with Crippen LogP contribution in [0.2, 0.25) is 0 Å². The molecule has 0 radical (unpaired) electrons. The average Bonchev–Trinajstić information content (AvgIpc) is 2.67. The Hall–Kier alpha value is -2.86. The van der Waals surface area contributed by atoms with E-state index in [4.69, 9.17) is 0 Å². The fourth-order valence-corrected chi connectivity index (χ4v) is 2.99. The van der Waals surface area contributed by atoms with Crippen molar-refractivity contribution in [2.45, 2.75) is 12.7 Å². The summed E-state index contributed by atoms with van der Waals surface area (Å²) in [6, 6.07) is 14.3. The van der Waals surface area contributed by atoms with Gasteiger partial charge >= 0.3 is 0 Å². The number of thioether (sulfide) groups is 1. The first-order valence-electron chi connectivity index (χ1n) is 8.25. The summed E-state index contributed by atoms with van der Waals surface area (Å²) in [5.41, 5.74) is 3.02. The Kier molecular flexibility index (Phi) is 5.86. The molecule has 132 valence electrons. The van der Waals surface area contributed by atoms with E-state index in [1.807, 2.05) is 42.1 Å². The molecule has 1 amide bonds. The van der Waals surface area contributed by atoms with Gasteiger partial charge in [0.25, 0.3) is 5.91 Å². The smallest absolute Gasteiger partial charge is 0.255 e. The van der Waals surface area contributed by atoms with E-state index in [0.717, 1.165) is 11.5 Å². The maximum atomic E-state index is 12.3. The predicted molar refractivity (Wildman–Crippen MR) is 105 cm³/mol. The van der Waals surface area contributed by atoms with E-state index in [-0.39, 0.29) is 11.7 Å². The molecule has 0 aliphatic rings. The van der Waals surface area contributed by atoms with Crippen LogP contribution in [0.5, 0.6) is 5.75 Å². The molecule has 26 heavy (non-hydrogen) atoms. The summed E-state index contributed by atoms with van der Waals surface area (Å²) in [5, 5.41) is 12.3. The molecule has 3 rings (SSSR count). The highest BCUT2D eigenvalue weighted by Crippen LogP contribution is 2.20. The Morgan fingerprint density at radius 3 is 2.50 bits per heavy atom. The molecule has 0 saturated heterocycles. The van der Waals surface area contributed by atoms with Crippen LogP contribution in [0.1, 0.15) is 22.8 Å². The number of amides is 1. The number of phenols is 1. The lowest BCUT2D eigenvalue weighted by Crippen LogP contribution is -2.12. The lowest BCUT2D eigenvalue weighted by Gasteiger charge is -2.07. The van der Waals surface area contributed by atoms with E-state index in [9.17, 15) is 9.90 Å². The van der Waals surface area contributed by atoms with Crippen LogP contribution in [0.25, 0.3) is 11.4 Å². The number of carbonyl (C=O) groups is 1. The number of phenolic OH excluding ortho intramolecular Hbond substituents is 1. The normalized spacial score (nSPS) is 10.5. The van der Waals surface area contributed by atoms with Crippen LogP contribution in [0, 0.1) is 0 Å². The fraction of sp³-hybridized carbons (Fsp3) is 0.150. The van der Waals surface area contributed by atoms with Crippen LogP contribution in [-0.2, 0) is 5.75 Å². The molecule has 0 saturated carbocycles. The van der Waals surface area contributed by atoms with Gasteiger partial charge in [0.1, 0.15) is 5.75 Å². The maximum Gasteiger partial charge on any atom is 0.255 e. The summed E-state index contributed by atoms with van der Waals surface area (Å²) in [6.45, 7) is 2.13. The third-order valence-corrected chi connectivity index (χ3v) is 4.65. The number of nitrogens with zero attached hydrogens (tertiary/aromatic N) is 2. The molecule has 0 spiro atoms. The molecule has 2 N–H and O–H groups in total. The summed E-state index contributed by atoms with van der Waals surface area (Å²) in [5.74, 6) is 2.46. The van der Waals surface area contributed by atoms with Crippen molar-refractivity contribution in [3.8, 4) is 17.1 Å². The van der Waals surface area contributed by atoms with E-state index in [0.29, 0.717) is 22.6 Å². The van der Waals surface area contributed by atoms with Crippen molar-refractivity contribution < 1.29 is 9.90 Å². The van der Waals surface area contributed by atoms with E-state index in [1.165, 1.54) is 5.56 Å². The van der Waals surface area contributed by atoms with Crippen molar-refractivity contribution in [2.24, 2.45) is 0 Å². The third kappa shape index (κ3) is 4.61. The van der Waals surface area contributed by atoms with Crippen LogP contribution in [-0.4, -0.2) is 26.7 Å². The summed E-state index contributed by atoms with van der Waals surface area (Å²) in [7, 11) is 0. The summed E-state index contributed by atoms with van der Waals surface area (Å²) in [6.07, 6.45) is 3.10. The van der Waals surface area contributed by atoms with E-state index >= 15 is 0 Å². The van der Waals surface area contributed by atoms with Gasteiger partial charge in [-0.05, 0) is 35.6 Å². The van der Waals surface area contributed by atoms with Crippen molar-refractivity contribution in [3.05, 3.63) is 72.1 Å². The summed E-state index contributed by atoms with van der Waals surface area (Å²) < 4.78 is 0. The number of anilines is 1. The molecular weight excluding hydrogens is 346 g/mol. The number of aromatic hydroxyl groups is 1. The number of aromatic nitrogens is 2. The number of rotatable bonds is 6. The zero-order chi connectivity index (χ0) is 18.4. The minimum Gasteiger partial charge on any atom is -0.508 e. The first kappa shape index (κ1) is 17.9. The number of nitrogens with one attached hydrogen (secondary N) is 1. The van der Waals surface area contributed by atoms with E-state index < -0.39 is 0 Å². The molecule has 6 heteroatoms. The van der Waals surface area contributed by atoms with Crippen LogP contribution in [0.4, 0.5) is 5.69 Å². The Bertz CT molecular complexity index is 880. The summed E-state index contributed by atoms with van der Waals surface area (Å²) >= 11 is 1.85. The Morgan fingerprint density at radius 2 is 1.85 bits per heavy atom. The predicted octanol–water partition coefficient (Wildman–Crippen LogP) is 4.35. The standard InChI is InChI=1S/C20H19N3O2S/c1-2-26-13-14-6-8-15(9-7-14)20(25)23-17-11-21-19(22-12-17)16-4-3-5-18(24)10-16/h3-12,24H,2,13H2,1H3,(H,23,25). The largest absolute Gasteiger partial charge is 0.508 e. The number of hydrogen-bond donors (Lipinski definition) is 2. The van der Waals surface area contributed by atoms with Crippen molar-refractivity contribution in [1.82, 2.24) is 9.97 Å². The maximum absolute atomic E-state index is 12.3. The van der Waals surface area contributed by atoms with Crippen molar-refractivity contribution in [3.63, 3.8) is 0 Å². The molecular formula is C20H19N3O2S. The molecule has 1 heterocycles. The van der Waals surface area contributed by atoms with Gasteiger partial charge in [0.2, 0.25) is 0 Å². The number of benzene rings is 2. The zero-order valence-electron chi connectivity index (χ0n) is 14.3. The van der Waals surface area contributed by atoms with Gasteiger partial charge in [-0.1, -0.05) is 31.2 Å². The number of carbonyl (C=O) groups excluding carboxylic acids is 1. The lowest BCUT2D eigenvalue weighted by atomic mass is 10.1. The van der Waals surface area contributed by atoms with Gasteiger partial charge in [-0.25, -0.2) is 9.97 Å². The monoisotopic (exact) mass is 365 g/mol. The minimum atomic E-state index is -0.201. The van der Waals surface area contributed by atoms with E-state index in [2.05, 4.69) is 22.2 Å². The quantitative estimate of drug-likeness (QED) is 0.679. The highest BCUT2D eigenvalue weighted by molar-refractivity contribution is 7.98. The topological polar surface area (TPSA) is 75.1 Å². The summed E-state index contributed by atoms with van der Waals surface area (Å²) in [4.78, 5) is 20.8. The van der Waals surface area contributed by atoms with Gasteiger partial charge in [0, 0.05) is 16.9 Å². The first-order valence-corrected chi connectivity index (χ1v) is 9.40. The molecule has 5 nitrogen and oxygen atoms in total. The van der Waals surface area contributed by atoms with Crippen LogP contribution in [0.3, 0.4) is 0 Å². The van der Waals surface area contributed by atoms with Crippen LogP contribution < -0.4 is 5.32 Å². The SMILES string of the molecule is CCSCc1ccc(C(=O)Nc2cnc(-c3cccc(O)c3)nc2)cc1. The Labute approximate surface area is 156 Å².